The van der Waals surface area contributed by atoms with Crippen LogP contribution in [0.5, 0.6) is 11.5 Å². The number of benzene rings is 1. The van der Waals surface area contributed by atoms with Gasteiger partial charge < -0.3 is 25.1 Å². The highest BCUT2D eigenvalue weighted by atomic mass is 19.1. The van der Waals surface area contributed by atoms with Crippen molar-refractivity contribution in [2.75, 3.05) is 32.8 Å². The van der Waals surface area contributed by atoms with E-state index < -0.39 is 12.2 Å². The summed E-state index contributed by atoms with van der Waals surface area (Å²) in [6.07, 6.45) is 3.50. The van der Waals surface area contributed by atoms with Crippen LogP contribution in [0.25, 0.3) is 33.3 Å². The van der Waals surface area contributed by atoms with Gasteiger partial charge >= 0.3 is 0 Å². The number of H-pyrrole nitrogens is 1. The fraction of sp³-hybridized carbons (Fsp3) is 0.304. The number of ether oxygens (including phenoxy) is 2. The zero-order chi connectivity index (χ0) is 23.6. The summed E-state index contributed by atoms with van der Waals surface area (Å²) in [5.74, 6) is 1.53. The van der Waals surface area contributed by atoms with Crippen molar-refractivity contribution >= 4 is 33.7 Å². The number of halogens is 1. The second kappa shape index (κ2) is 8.89. The highest BCUT2D eigenvalue weighted by Gasteiger charge is 2.29. The van der Waals surface area contributed by atoms with Crippen molar-refractivity contribution in [1.29, 1.82) is 0 Å². The van der Waals surface area contributed by atoms with E-state index in [1.165, 1.54) is 0 Å². The molecule has 33 heavy (non-hydrogen) atoms. The van der Waals surface area contributed by atoms with Gasteiger partial charge in [-0.15, -0.1) is 0 Å². The fourth-order valence-electron chi connectivity index (χ4n) is 3.55. The Labute approximate surface area is 194 Å². The summed E-state index contributed by atoms with van der Waals surface area (Å²) in [7, 11) is 3.09. The number of aromatic amines is 1. The third-order valence-corrected chi connectivity index (χ3v) is 5.27. The molecule has 178 valence electrons. The number of aromatic nitrogens is 4. The largest absolute Gasteiger partial charge is 0.493 e. The number of anilines is 1. The number of carbonyl (C=O) groups is 1. The molecule has 0 fully saturated rings. The van der Waals surface area contributed by atoms with Gasteiger partial charge in [-0.05, 0) is 32.0 Å². The molecule has 9 nitrogen and oxygen atoms in total. The standard InChI is InChI=1S/C23H25FN6O3.3H2/c1-23(2,22(31)26-9-7-24)30-21-14-10-17(32-3)18(33-4)11-16(14)28-20(29-21)15-12-27-19-13(15)6-5-8-25-19;;;/h5-6,8,10-12H,7,9H2,1-4H3,(H,25,27)(H,26,31)(H,28,29,30);3*1H. The lowest BCUT2D eigenvalue weighted by Crippen LogP contribution is -2.48. The van der Waals surface area contributed by atoms with E-state index in [1.807, 2.05) is 12.1 Å². The van der Waals surface area contributed by atoms with Gasteiger partial charge in [-0.2, -0.15) is 0 Å². The predicted octanol–water partition coefficient (Wildman–Crippen LogP) is 4.20. The maximum Gasteiger partial charge on any atom is 0.245 e. The minimum atomic E-state index is -1.08. The van der Waals surface area contributed by atoms with E-state index in [-0.39, 0.29) is 16.7 Å². The monoisotopic (exact) mass is 458 g/mol. The lowest BCUT2D eigenvalue weighted by atomic mass is 10.0. The molecule has 0 atom stereocenters. The van der Waals surface area contributed by atoms with Crippen LogP contribution in [0.15, 0.2) is 36.7 Å². The van der Waals surface area contributed by atoms with E-state index >= 15 is 0 Å². The number of methoxy groups -OCH3 is 2. The van der Waals surface area contributed by atoms with Gasteiger partial charge in [-0.3, -0.25) is 4.79 Å². The molecule has 0 saturated carbocycles. The zero-order valence-corrected chi connectivity index (χ0v) is 18.8. The van der Waals surface area contributed by atoms with Crippen LogP contribution in [0.3, 0.4) is 0 Å². The number of carbonyl (C=O) groups excluding carboxylic acids is 1. The van der Waals surface area contributed by atoms with Crippen molar-refractivity contribution in [2.24, 2.45) is 0 Å². The lowest BCUT2D eigenvalue weighted by Gasteiger charge is -2.26. The highest BCUT2D eigenvalue weighted by Crippen LogP contribution is 2.37. The van der Waals surface area contributed by atoms with Crippen LogP contribution in [0.2, 0.25) is 0 Å². The van der Waals surface area contributed by atoms with Crippen molar-refractivity contribution in [2.45, 2.75) is 19.4 Å². The van der Waals surface area contributed by atoms with E-state index in [4.69, 9.17) is 19.4 Å². The Bertz CT molecular complexity index is 1340. The first-order valence-electron chi connectivity index (χ1n) is 10.4. The number of rotatable bonds is 8. The molecule has 0 aliphatic rings. The summed E-state index contributed by atoms with van der Waals surface area (Å²) < 4.78 is 23.5. The normalized spacial score (nSPS) is 11.5. The van der Waals surface area contributed by atoms with Gasteiger partial charge in [0.05, 0.1) is 19.7 Å². The van der Waals surface area contributed by atoms with Crippen LogP contribution in [0, 0.1) is 0 Å². The smallest absolute Gasteiger partial charge is 0.245 e. The van der Waals surface area contributed by atoms with Crippen LogP contribution in [0.4, 0.5) is 10.2 Å². The Kier molecular flexibility index (Phi) is 5.99. The Morgan fingerprint density at radius 2 is 1.94 bits per heavy atom. The third-order valence-electron chi connectivity index (χ3n) is 5.27. The molecule has 10 heteroatoms. The minimum absolute atomic E-state index is 0. The summed E-state index contributed by atoms with van der Waals surface area (Å²) in [5, 5.41) is 7.28. The second-order valence-electron chi connectivity index (χ2n) is 7.92. The topological polar surface area (TPSA) is 114 Å². The average Bonchev–Trinajstić information content (AvgIpc) is 3.25. The van der Waals surface area contributed by atoms with Gasteiger partial charge in [0.15, 0.2) is 17.3 Å². The summed E-state index contributed by atoms with van der Waals surface area (Å²) >= 11 is 0. The molecule has 1 aromatic carbocycles. The van der Waals surface area contributed by atoms with Crippen LogP contribution in [-0.4, -0.2) is 58.8 Å². The molecular weight excluding hydrogens is 427 g/mol. The quantitative estimate of drug-likeness (QED) is 0.362. The Morgan fingerprint density at radius 3 is 2.67 bits per heavy atom. The number of nitrogens with zero attached hydrogens (tertiary/aromatic N) is 3. The first-order chi connectivity index (χ1) is 15.9. The Balaban J connectivity index is 0.00000216. The van der Waals surface area contributed by atoms with E-state index in [2.05, 4.69) is 20.6 Å². The number of alkyl halides is 1. The van der Waals surface area contributed by atoms with Gasteiger partial charge in [-0.1, -0.05) is 0 Å². The maximum atomic E-state index is 12.6. The highest BCUT2D eigenvalue weighted by molar-refractivity contribution is 5.98. The van der Waals surface area contributed by atoms with Crippen LogP contribution >= 0.6 is 0 Å². The van der Waals surface area contributed by atoms with Crippen molar-refractivity contribution in [3.8, 4) is 22.9 Å². The number of fused-ring (bicyclic) bond motifs is 2. The van der Waals surface area contributed by atoms with Crippen molar-refractivity contribution in [3.63, 3.8) is 0 Å². The van der Waals surface area contributed by atoms with Crippen LogP contribution in [-0.2, 0) is 4.79 Å². The zero-order valence-electron chi connectivity index (χ0n) is 18.8. The van der Waals surface area contributed by atoms with Gasteiger partial charge in [0.1, 0.15) is 23.7 Å². The minimum Gasteiger partial charge on any atom is -0.493 e. The number of hydrogen-bond acceptors (Lipinski definition) is 7. The maximum absolute atomic E-state index is 12.6. The van der Waals surface area contributed by atoms with Crippen LogP contribution in [0.1, 0.15) is 18.1 Å². The van der Waals surface area contributed by atoms with E-state index in [0.29, 0.717) is 39.7 Å². The van der Waals surface area contributed by atoms with Gasteiger partial charge in [-0.25, -0.2) is 19.3 Å². The average molecular weight is 459 g/mol. The molecular formula is C23H31FN6O3. The van der Waals surface area contributed by atoms with Crippen molar-refractivity contribution in [1.82, 2.24) is 25.3 Å². The molecule has 3 heterocycles. The second-order valence-corrected chi connectivity index (χ2v) is 7.92. The molecule has 4 rings (SSSR count). The molecule has 3 N–H and O–H groups in total. The summed E-state index contributed by atoms with van der Waals surface area (Å²) in [5.41, 5.74) is 0.989. The molecule has 1 amide bonds. The molecule has 0 aliphatic carbocycles. The SMILES string of the molecule is COc1cc2nc(-c3c[nH]c4ncccc34)nc(NC(C)(C)C(=O)NCCF)c2cc1OC.[HH].[HH].[HH]. The van der Waals surface area contributed by atoms with E-state index in [0.717, 1.165) is 10.9 Å². The summed E-state index contributed by atoms with van der Waals surface area (Å²) in [4.78, 5) is 29.6. The van der Waals surface area contributed by atoms with Gasteiger partial charge in [0, 0.05) is 45.6 Å². The molecule has 3 aromatic heterocycles. The molecule has 0 aliphatic heterocycles. The number of amides is 1. The van der Waals surface area contributed by atoms with E-state index in [9.17, 15) is 9.18 Å². The number of nitrogens with one attached hydrogen (secondary N) is 3. The number of pyridine rings is 1. The van der Waals surface area contributed by atoms with Gasteiger partial charge in [0.25, 0.3) is 0 Å². The van der Waals surface area contributed by atoms with E-state index in [1.54, 1.807) is 52.6 Å². The van der Waals surface area contributed by atoms with Crippen molar-refractivity contribution < 1.29 is 22.9 Å². The van der Waals surface area contributed by atoms with Gasteiger partial charge in [0.2, 0.25) is 5.91 Å². The Morgan fingerprint density at radius 1 is 1.18 bits per heavy atom. The molecule has 0 radical (unpaired) electrons. The molecule has 0 saturated heterocycles. The first kappa shape index (κ1) is 22.3. The predicted molar refractivity (Wildman–Crippen MR) is 131 cm³/mol. The fourth-order valence-corrected chi connectivity index (χ4v) is 3.55. The Hall–Kier alpha value is -3.95. The number of hydrogen-bond donors (Lipinski definition) is 3. The third kappa shape index (κ3) is 4.23. The first-order valence-corrected chi connectivity index (χ1v) is 10.4. The summed E-state index contributed by atoms with van der Waals surface area (Å²) in [6, 6.07) is 7.28. The molecule has 4 aromatic rings. The molecule has 0 bridgehead atoms. The van der Waals surface area contributed by atoms with Crippen LogP contribution < -0.4 is 20.1 Å². The lowest BCUT2D eigenvalue weighted by molar-refractivity contribution is -0.124. The molecule has 0 spiro atoms. The molecule has 0 unspecified atom stereocenters. The van der Waals surface area contributed by atoms with Crippen molar-refractivity contribution in [3.05, 3.63) is 36.7 Å². The summed E-state index contributed by atoms with van der Waals surface area (Å²) in [6.45, 7) is 2.69.